The number of nitrogens with zero attached hydrogens (tertiary/aromatic N) is 1. The van der Waals surface area contributed by atoms with E-state index in [9.17, 15) is 16.8 Å². The highest BCUT2D eigenvalue weighted by Crippen LogP contribution is 2.21. The normalized spacial score (nSPS) is 12.0. The van der Waals surface area contributed by atoms with Crippen molar-refractivity contribution in [2.75, 3.05) is 4.72 Å². The zero-order chi connectivity index (χ0) is 18.1. The highest BCUT2D eigenvalue weighted by molar-refractivity contribution is 7.93. The second kappa shape index (κ2) is 6.38. The van der Waals surface area contributed by atoms with E-state index in [1.165, 1.54) is 24.4 Å². The molecule has 1 N–H and O–H groups in total. The van der Waals surface area contributed by atoms with E-state index >= 15 is 0 Å². The summed E-state index contributed by atoms with van der Waals surface area (Å²) in [5, 5.41) is 0. The fourth-order valence-electron chi connectivity index (χ4n) is 2.27. The second-order valence-corrected chi connectivity index (χ2v) is 8.94. The second-order valence-electron chi connectivity index (χ2n) is 5.42. The van der Waals surface area contributed by atoms with Crippen LogP contribution in [0.4, 0.5) is 5.69 Å². The third kappa shape index (κ3) is 3.45. The van der Waals surface area contributed by atoms with Gasteiger partial charge in [-0.25, -0.2) is 20.8 Å². The quantitative estimate of drug-likeness (QED) is 0.742. The van der Waals surface area contributed by atoms with E-state index in [1.54, 1.807) is 49.4 Å². The van der Waals surface area contributed by atoms with Crippen LogP contribution in [0.15, 0.2) is 82.8 Å². The Bertz CT molecular complexity index is 1100. The minimum Gasteiger partial charge on any atom is -0.279 e. The molecule has 0 aliphatic heterocycles. The smallest absolute Gasteiger partial charge is 0.267 e. The van der Waals surface area contributed by atoms with E-state index in [0.29, 0.717) is 5.69 Å². The molecule has 1 aromatic heterocycles. The van der Waals surface area contributed by atoms with Gasteiger partial charge >= 0.3 is 0 Å². The van der Waals surface area contributed by atoms with Gasteiger partial charge in [0.1, 0.15) is 4.90 Å². The Balaban J connectivity index is 1.95. The molecular weight excluding hydrogens is 360 g/mol. The molecular formula is C17H16N2O4S2. The molecule has 1 heterocycles. The van der Waals surface area contributed by atoms with Crippen LogP contribution >= 0.6 is 0 Å². The number of benzene rings is 2. The summed E-state index contributed by atoms with van der Waals surface area (Å²) in [5.41, 5.74) is 1.21. The molecule has 0 atom stereocenters. The summed E-state index contributed by atoms with van der Waals surface area (Å²) >= 11 is 0. The number of sulfonamides is 1. The van der Waals surface area contributed by atoms with Gasteiger partial charge in [-0.15, -0.1) is 0 Å². The number of aromatic nitrogens is 1. The van der Waals surface area contributed by atoms with Gasteiger partial charge in [-0.1, -0.05) is 36.4 Å². The lowest BCUT2D eigenvalue weighted by Gasteiger charge is -2.09. The van der Waals surface area contributed by atoms with Crippen LogP contribution in [0.25, 0.3) is 0 Å². The van der Waals surface area contributed by atoms with Gasteiger partial charge < -0.3 is 0 Å². The number of nitrogens with one attached hydrogen (secondary N) is 1. The van der Waals surface area contributed by atoms with Gasteiger partial charge in [0, 0.05) is 12.4 Å². The van der Waals surface area contributed by atoms with Crippen molar-refractivity contribution in [3.05, 3.63) is 78.6 Å². The third-order valence-electron chi connectivity index (χ3n) is 3.66. The van der Waals surface area contributed by atoms with Crippen molar-refractivity contribution >= 4 is 25.7 Å². The maximum Gasteiger partial charge on any atom is 0.267 e. The van der Waals surface area contributed by atoms with Gasteiger partial charge in [-0.05, 0) is 36.8 Å². The number of rotatable bonds is 5. The number of hydrogen-bond acceptors (Lipinski definition) is 4. The highest BCUT2D eigenvalue weighted by atomic mass is 32.2. The van der Waals surface area contributed by atoms with E-state index in [-0.39, 0.29) is 9.79 Å². The molecule has 0 fully saturated rings. The predicted molar refractivity (Wildman–Crippen MR) is 95.4 cm³/mol. The maximum atomic E-state index is 12.5. The molecule has 0 saturated heterocycles. The molecule has 8 heteroatoms. The number of hydrogen-bond donors (Lipinski definition) is 1. The standard InChI is InChI=1S/C17H16N2O4S2/c1-14-7-5-6-10-17(14)18-24(20,21)16-11-12-19(13-16)25(22,23)15-8-3-2-4-9-15/h2-13,18H,1H3. The summed E-state index contributed by atoms with van der Waals surface area (Å²) in [6, 6.07) is 16.0. The Morgan fingerprint density at radius 2 is 1.44 bits per heavy atom. The predicted octanol–water partition coefficient (Wildman–Crippen LogP) is 2.83. The van der Waals surface area contributed by atoms with E-state index in [4.69, 9.17) is 0 Å². The largest absolute Gasteiger partial charge is 0.279 e. The lowest BCUT2D eigenvalue weighted by molar-refractivity contribution is 0.587. The fraction of sp³-hybridized carbons (Fsp3) is 0.0588. The van der Waals surface area contributed by atoms with Crippen LogP contribution in [0.3, 0.4) is 0 Å². The zero-order valence-electron chi connectivity index (χ0n) is 13.3. The van der Waals surface area contributed by atoms with Crippen molar-refractivity contribution in [2.45, 2.75) is 16.7 Å². The van der Waals surface area contributed by atoms with Crippen molar-refractivity contribution in [1.82, 2.24) is 3.97 Å². The molecule has 130 valence electrons. The van der Waals surface area contributed by atoms with Crippen LogP contribution in [-0.2, 0) is 20.0 Å². The summed E-state index contributed by atoms with van der Waals surface area (Å²) in [4.78, 5) is -0.0447. The number of aryl methyl sites for hydroxylation is 1. The summed E-state index contributed by atoms with van der Waals surface area (Å²) in [7, 11) is -7.73. The lowest BCUT2D eigenvalue weighted by atomic mass is 10.2. The van der Waals surface area contributed by atoms with Crippen molar-refractivity contribution < 1.29 is 16.8 Å². The Kier molecular flexibility index (Phi) is 4.40. The van der Waals surface area contributed by atoms with Crippen LogP contribution in [-0.4, -0.2) is 20.8 Å². The van der Waals surface area contributed by atoms with Crippen LogP contribution in [0.2, 0.25) is 0 Å². The van der Waals surface area contributed by atoms with E-state index < -0.39 is 20.0 Å². The first kappa shape index (κ1) is 17.2. The molecule has 0 radical (unpaired) electrons. The topological polar surface area (TPSA) is 85.2 Å². The molecule has 0 unspecified atom stereocenters. The zero-order valence-corrected chi connectivity index (χ0v) is 15.0. The average Bonchev–Trinajstić information content (AvgIpc) is 3.09. The molecule has 2 aromatic carbocycles. The minimum absolute atomic E-state index is 0.0846. The number of para-hydroxylation sites is 1. The average molecular weight is 376 g/mol. The summed E-state index contributed by atoms with van der Waals surface area (Å²) in [5.74, 6) is 0. The first-order valence-corrected chi connectivity index (χ1v) is 10.3. The lowest BCUT2D eigenvalue weighted by Crippen LogP contribution is -2.14. The van der Waals surface area contributed by atoms with E-state index in [2.05, 4.69) is 4.72 Å². The number of anilines is 1. The Hall–Kier alpha value is -2.58. The first-order valence-electron chi connectivity index (χ1n) is 7.38. The molecule has 3 rings (SSSR count). The van der Waals surface area contributed by atoms with Crippen molar-refractivity contribution in [2.24, 2.45) is 0 Å². The maximum absolute atomic E-state index is 12.5. The molecule has 0 saturated carbocycles. The third-order valence-corrected chi connectivity index (χ3v) is 6.66. The Morgan fingerprint density at radius 3 is 2.12 bits per heavy atom. The summed E-state index contributed by atoms with van der Waals surface area (Å²) in [6.45, 7) is 1.78. The van der Waals surface area contributed by atoms with Crippen LogP contribution in [0.5, 0.6) is 0 Å². The van der Waals surface area contributed by atoms with Crippen molar-refractivity contribution in [1.29, 1.82) is 0 Å². The summed E-state index contributed by atoms with van der Waals surface area (Å²) < 4.78 is 53.5. The van der Waals surface area contributed by atoms with Gasteiger partial charge in [-0.3, -0.25) is 4.72 Å². The van der Waals surface area contributed by atoms with Gasteiger partial charge in [0.25, 0.3) is 20.0 Å². The minimum atomic E-state index is -3.89. The SMILES string of the molecule is Cc1ccccc1NS(=O)(=O)c1ccn(S(=O)(=O)c2ccccc2)c1. The molecule has 0 bridgehead atoms. The van der Waals surface area contributed by atoms with Crippen molar-refractivity contribution in [3.63, 3.8) is 0 Å². The van der Waals surface area contributed by atoms with E-state index in [1.807, 2.05) is 0 Å². The Morgan fingerprint density at radius 1 is 0.800 bits per heavy atom. The molecule has 0 spiro atoms. The Labute approximate surface area is 146 Å². The molecule has 6 nitrogen and oxygen atoms in total. The highest BCUT2D eigenvalue weighted by Gasteiger charge is 2.21. The molecule has 0 aliphatic carbocycles. The molecule has 3 aromatic rings. The van der Waals surface area contributed by atoms with Crippen LogP contribution in [0.1, 0.15) is 5.56 Å². The fourth-order valence-corrected chi connectivity index (χ4v) is 4.69. The van der Waals surface area contributed by atoms with Gasteiger partial charge in [0.15, 0.2) is 0 Å². The van der Waals surface area contributed by atoms with Crippen LogP contribution in [0, 0.1) is 6.92 Å². The molecule has 0 amide bonds. The molecule has 0 aliphatic rings. The van der Waals surface area contributed by atoms with Gasteiger partial charge in [0.05, 0.1) is 10.6 Å². The monoisotopic (exact) mass is 376 g/mol. The van der Waals surface area contributed by atoms with Gasteiger partial charge in [0.2, 0.25) is 0 Å². The first-order chi connectivity index (χ1) is 11.8. The van der Waals surface area contributed by atoms with E-state index in [0.717, 1.165) is 15.7 Å². The van der Waals surface area contributed by atoms with Crippen molar-refractivity contribution in [3.8, 4) is 0 Å². The summed E-state index contributed by atoms with van der Waals surface area (Å²) in [6.07, 6.45) is 2.30. The molecule has 25 heavy (non-hydrogen) atoms. The van der Waals surface area contributed by atoms with Crippen LogP contribution < -0.4 is 4.72 Å². The van der Waals surface area contributed by atoms with Gasteiger partial charge in [-0.2, -0.15) is 0 Å².